The number of carbonyl (C=O) groups excluding carboxylic acids is 1. The molecule has 2 nitrogen and oxygen atoms in total. The summed E-state index contributed by atoms with van der Waals surface area (Å²) in [4.78, 5) is 11.9. The maximum Gasteiger partial charge on any atom is 0.182 e. The number of ether oxygens (including phenoxy) is 1. The lowest BCUT2D eigenvalue weighted by atomic mass is 9.97. The summed E-state index contributed by atoms with van der Waals surface area (Å²) < 4.78 is 5.37. The van der Waals surface area contributed by atoms with Crippen LogP contribution in [0.1, 0.15) is 24.2 Å². The minimum Gasteiger partial charge on any atom is -0.358 e. The predicted octanol–water partition coefficient (Wildman–Crippen LogP) is 4.29. The highest BCUT2D eigenvalue weighted by atomic mass is 79.9. The third-order valence-corrected chi connectivity index (χ3v) is 6.29. The van der Waals surface area contributed by atoms with E-state index in [-0.39, 0.29) is 21.5 Å². The molecule has 5 heteroatoms. The first-order valence-corrected chi connectivity index (χ1v) is 7.83. The van der Waals surface area contributed by atoms with Gasteiger partial charge in [-0.3, -0.25) is 4.79 Å². The number of carbonyl (C=O) groups is 1. The van der Waals surface area contributed by atoms with Crippen LogP contribution < -0.4 is 0 Å². The molecule has 98 valence electrons. The van der Waals surface area contributed by atoms with Gasteiger partial charge in [-0.05, 0) is 31.5 Å². The van der Waals surface area contributed by atoms with Gasteiger partial charge in [-0.1, -0.05) is 55.6 Å². The maximum absolute atomic E-state index is 12.3. The monoisotopic (exact) mass is 394 g/mol. The van der Waals surface area contributed by atoms with E-state index < -0.39 is 5.60 Å². The Morgan fingerprint density at radius 3 is 2.33 bits per heavy atom. The number of hydrogen-bond acceptors (Lipinski definition) is 2. The van der Waals surface area contributed by atoms with E-state index in [1.54, 1.807) is 0 Å². The molecule has 0 bridgehead atoms. The van der Waals surface area contributed by atoms with Gasteiger partial charge in [0.15, 0.2) is 11.4 Å². The number of rotatable bonds is 4. The minimum absolute atomic E-state index is 0.00466. The highest BCUT2D eigenvalue weighted by molar-refractivity contribution is 9.12. The van der Waals surface area contributed by atoms with Crippen molar-refractivity contribution in [3.05, 3.63) is 34.9 Å². The number of benzene rings is 1. The molecule has 0 radical (unpaired) electrons. The summed E-state index contributed by atoms with van der Waals surface area (Å²) in [6, 6.07) is 7.44. The lowest BCUT2D eigenvalue weighted by molar-refractivity contribution is -0.122. The number of halogens is 3. The number of Topliss-reactive ketones (excluding diaryl/α,β-unsaturated/α-hetero) is 1. The first kappa shape index (κ1) is 14.5. The molecule has 1 heterocycles. The quantitative estimate of drug-likeness (QED) is 0.561. The Bertz CT molecular complexity index is 463. The molecule has 1 aliphatic rings. The van der Waals surface area contributed by atoms with E-state index in [9.17, 15) is 4.79 Å². The van der Waals surface area contributed by atoms with Gasteiger partial charge < -0.3 is 4.74 Å². The van der Waals surface area contributed by atoms with Crippen LogP contribution in [0.25, 0.3) is 0 Å². The average Bonchev–Trinajstić information content (AvgIpc) is 2.97. The van der Waals surface area contributed by atoms with Crippen LogP contribution in [-0.4, -0.2) is 22.3 Å². The molecule has 2 rings (SSSR count). The van der Waals surface area contributed by atoms with Gasteiger partial charge in [0.1, 0.15) is 0 Å². The summed E-state index contributed by atoms with van der Waals surface area (Å²) >= 11 is 12.9. The molecule has 4 atom stereocenters. The summed E-state index contributed by atoms with van der Waals surface area (Å²) in [7, 11) is 0. The molecule has 0 saturated carbocycles. The molecule has 1 fully saturated rings. The molecule has 0 amide bonds. The lowest BCUT2D eigenvalue weighted by Gasteiger charge is -2.18. The van der Waals surface area contributed by atoms with E-state index in [0.717, 1.165) is 5.56 Å². The number of epoxide rings is 1. The van der Waals surface area contributed by atoms with Crippen molar-refractivity contribution in [2.75, 3.05) is 0 Å². The molecule has 1 aromatic carbocycles. The molecule has 0 spiro atoms. The largest absolute Gasteiger partial charge is 0.358 e. The SMILES string of the molecule is C[C@H]1O[C@]1(C)C(=O)[C@@H](Br)[C@H](Br)c1ccc(Cl)cc1. The first-order chi connectivity index (χ1) is 8.36. The summed E-state index contributed by atoms with van der Waals surface area (Å²) in [6.07, 6.45) is -0.00466. The summed E-state index contributed by atoms with van der Waals surface area (Å²) in [5.74, 6) is 0.0619. The zero-order valence-corrected chi connectivity index (χ0v) is 13.9. The normalized spacial score (nSPS) is 29.7. The van der Waals surface area contributed by atoms with E-state index in [0.29, 0.717) is 5.02 Å². The third-order valence-electron chi connectivity index (χ3n) is 3.33. The van der Waals surface area contributed by atoms with E-state index in [2.05, 4.69) is 31.9 Å². The van der Waals surface area contributed by atoms with Gasteiger partial charge in [0.25, 0.3) is 0 Å². The van der Waals surface area contributed by atoms with E-state index in [4.69, 9.17) is 16.3 Å². The fraction of sp³-hybridized carbons (Fsp3) is 0.462. The van der Waals surface area contributed by atoms with Gasteiger partial charge in [0.05, 0.1) is 15.8 Å². The Hall–Kier alpha value is 0.1000. The molecular weight excluding hydrogens is 383 g/mol. The maximum atomic E-state index is 12.3. The van der Waals surface area contributed by atoms with E-state index in [1.807, 2.05) is 38.1 Å². The zero-order chi connectivity index (χ0) is 13.5. The summed E-state index contributed by atoms with van der Waals surface area (Å²) in [5.41, 5.74) is 0.360. The Morgan fingerprint density at radius 1 is 1.39 bits per heavy atom. The summed E-state index contributed by atoms with van der Waals surface area (Å²) in [6.45, 7) is 3.74. The van der Waals surface area contributed by atoms with E-state index in [1.165, 1.54) is 0 Å². The van der Waals surface area contributed by atoms with Crippen molar-refractivity contribution in [2.24, 2.45) is 0 Å². The lowest BCUT2D eigenvalue weighted by Crippen LogP contribution is -2.33. The van der Waals surface area contributed by atoms with Crippen LogP contribution in [0.5, 0.6) is 0 Å². The Balaban J connectivity index is 2.11. The van der Waals surface area contributed by atoms with Crippen molar-refractivity contribution in [1.82, 2.24) is 0 Å². The van der Waals surface area contributed by atoms with Gasteiger partial charge in [-0.15, -0.1) is 0 Å². The fourth-order valence-electron chi connectivity index (χ4n) is 1.81. The van der Waals surface area contributed by atoms with Crippen molar-refractivity contribution in [2.45, 2.75) is 35.2 Å². The van der Waals surface area contributed by atoms with E-state index >= 15 is 0 Å². The fourth-order valence-corrected chi connectivity index (χ4v) is 3.24. The third kappa shape index (κ3) is 2.67. The number of alkyl halides is 2. The second kappa shape index (κ2) is 5.23. The molecule has 1 aliphatic heterocycles. The average molecular weight is 397 g/mol. The van der Waals surface area contributed by atoms with Crippen LogP contribution in [0.4, 0.5) is 0 Å². The minimum atomic E-state index is -0.646. The van der Waals surface area contributed by atoms with Crippen LogP contribution in [0.15, 0.2) is 24.3 Å². The molecule has 1 saturated heterocycles. The molecule has 1 aromatic rings. The van der Waals surface area contributed by atoms with Crippen LogP contribution >= 0.6 is 43.5 Å². The topological polar surface area (TPSA) is 29.6 Å². The predicted molar refractivity (Wildman–Crippen MR) is 79.8 cm³/mol. The highest BCUT2D eigenvalue weighted by Crippen LogP contribution is 2.42. The second-order valence-electron chi connectivity index (χ2n) is 4.59. The smallest absolute Gasteiger partial charge is 0.182 e. The van der Waals surface area contributed by atoms with Crippen LogP contribution in [-0.2, 0) is 9.53 Å². The Labute approximate surface area is 128 Å². The van der Waals surface area contributed by atoms with Gasteiger partial charge in [0.2, 0.25) is 0 Å². The highest BCUT2D eigenvalue weighted by Gasteiger charge is 2.57. The van der Waals surface area contributed by atoms with Crippen molar-refractivity contribution in [1.29, 1.82) is 0 Å². The molecule has 0 aliphatic carbocycles. The standard InChI is InChI=1S/C13H13Br2ClO2/c1-7-13(2,18-7)12(17)11(15)10(14)8-3-5-9(16)6-4-8/h3-7,10-11H,1-2H3/t7-,10-,11+,13+/m1/s1. The van der Waals surface area contributed by atoms with Crippen molar-refractivity contribution >= 4 is 49.2 Å². The molecule has 18 heavy (non-hydrogen) atoms. The van der Waals surface area contributed by atoms with Crippen molar-refractivity contribution in [3.8, 4) is 0 Å². The van der Waals surface area contributed by atoms with Gasteiger partial charge >= 0.3 is 0 Å². The van der Waals surface area contributed by atoms with Crippen LogP contribution in [0.3, 0.4) is 0 Å². The van der Waals surface area contributed by atoms with Gasteiger partial charge in [-0.25, -0.2) is 0 Å². The second-order valence-corrected chi connectivity index (χ2v) is 7.00. The van der Waals surface area contributed by atoms with Gasteiger partial charge in [0, 0.05) is 5.02 Å². The van der Waals surface area contributed by atoms with Crippen LogP contribution in [0.2, 0.25) is 5.02 Å². The van der Waals surface area contributed by atoms with Crippen LogP contribution in [0, 0.1) is 0 Å². The Kier molecular flexibility index (Phi) is 4.22. The Morgan fingerprint density at radius 2 is 1.89 bits per heavy atom. The summed E-state index contributed by atoms with van der Waals surface area (Å²) in [5, 5.41) is 0.682. The molecule has 0 N–H and O–H groups in total. The first-order valence-electron chi connectivity index (χ1n) is 5.62. The molecule has 0 unspecified atom stereocenters. The number of ketones is 1. The van der Waals surface area contributed by atoms with Crippen molar-refractivity contribution < 1.29 is 9.53 Å². The van der Waals surface area contributed by atoms with Crippen molar-refractivity contribution in [3.63, 3.8) is 0 Å². The molecular formula is C13H13Br2ClO2. The molecule has 0 aromatic heterocycles. The zero-order valence-electron chi connectivity index (χ0n) is 9.99. The van der Waals surface area contributed by atoms with Gasteiger partial charge in [-0.2, -0.15) is 0 Å². The number of hydrogen-bond donors (Lipinski definition) is 0.